The lowest BCUT2D eigenvalue weighted by molar-refractivity contribution is 0.363. The fraction of sp³-hybridized carbons (Fsp3) is 0.489. The zero-order chi connectivity index (χ0) is 38.9. The molecule has 0 fully saturated rings. The molecule has 0 aliphatic carbocycles. The molecule has 0 aromatic heterocycles. The first kappa shape index (κ1) is 39.7. The van der Waals surface area contributed by atoms with Crippen LogP contribution in [0.4, 0.5) is 0 Å². The van der Waals surface area contributed by atoms with Crippen LogP contribution in [0.1, 0.15) is 163 Å². The molecule has 4 aromatic rings. The number of rotatable bonds is 4. The third-order valence-corrected chi connectivity index (χ3v) is 11.2. The molecule has 1 heterocycles. The average Bonchev–Trinajstić information content (AvgIpc) is 2.97. The van der Waals surface area contributed by atoms with Crippen LogP contribution in [0.5, 0.6) is 23.0 Å². The van der Waals surface area contributed by atoms with Crippen molar-refractivity contribution in [2.75, 3.05) is 0 Å². The second-order valence-electron chi connectivity index (χ2n) is 19.5. The Bertz CT molecular complexity index is 1920. The average molecular weight is 723 g/mol. The van der Waals surface area contributed by atoms with Crippen molar-refractivity contribution in [1.82, 2.24) is 0 Å². The predicted octanol–water partition coefficient (Wildman–Crippen LogP) is 13.6. The van der Waals surface area contributed by atoms with Crippen LogP contribution in [0, 0.1) is 27.7 Å². The van der Waals surface area contributed by atoms with Crippen LogP contribution in [-0.4, -0.2) is 5.11 Å². The Morgan fingerprint density at radius 2 is 0.904 bits per heavy atom. The predicted molar refractivity (Wildman–Crippen MR) is 220 cm³/mol. The number of aryl methyl sites for hydroxylation is 4. The zero-order valence-corrected chi connectivity index (χ0v) is 35.9. The third kappa shape index (κ3) is 8.18. The zero-order valence-electron chi connectivity index (χ0n) is 35.0. The first-order chi connectivity index (χ1) is 23.8. The highest BCUT2D eigenvalue weighted by molar-refractivity contribution is 7.43. The van der Waals surface area contributed by atoms with E-state index >= 15 is 0 Å². The van der Waals surface area contributed by atoms with Crippen LogP contribution in [0.25, 0.3) is 0 Å². The Kier molecular flexibility index (Phi) is 10.5. The summed E-state index contributed by atoms with van der Waals surface area (Å²) in [6.07, 6.45) is 0.701. The molecule has 0 bridgehead atoms. The maximum atomic E-state index is 11.9. The number of aromatic hydroxyl groups is 1. The molecule has 1 N–H and O–H groups in total. The van der Waals surface area contributed by atoms with E-state index in [0.29, 0.717) is 12.2 Å². The lowest BCUT2D eigenvalue weighted by Crippen LogP contribution is -2.21. The van der Waals surface area contributed by atoms with Gasteiger partial charge in [-0.1, -0.05) is 161 Å². The van der Waals surface area contributed by atoms with E-state index in [1.807, 2.05) is 0 Å². The van der Waals surface area contributed by atoms with E-state index in [4.69, 9.17) is 13.6 Å². The standard InChI is InChI=1S/C47H63O4P/c1-27-18-32-26-33-19-28(2)24-38(46(12,13)14)42(33)50-52(49-41(32)37(23-27)45(9,10)11)51-43-35(21-30(4)25-39(43)47(15,16)17)31(5)34-20-29(3)22-36(40(34)48)44(6,7)8/h18-25,31,48H,26H2,1-17H3. The van der Waals surface area contributed by atoms with Crippen LogP contribution in [0.2, 0.25) is 0 Å². The number of phenolic OH excluding ortho intramolecular Hbond substituents is 1. The third-order valence-electron chi connectivity index (χ3n) is 10.2. The molecule has 0 radical (unpaired) electrons. The molecule has 1 aliphatic heterocycles. The maximum Gasteiger partial charge on any atom is 0.530 e. The van der Waals surface area contributed by atoms with Gasteiger partial charge in [0.2, 0.25) is 0 Å². The van der Waals surface area contributed by atoms with Crippen LogP contribution in [0.15, 0.2) is 48.5 Å². The molecule has 0 saturated heterocycles. The van der Waals surface area contributed by atoms with Crippen molar-refractivity contribution in [1.29, 1.82) is 0 Å². The molecule has 0 saturated carbocycles. The summed E-state index contributed by atoms with van der Waals surface area (Å²) < 4.78 is 21.5. The van der Waals surface area contributed by atoms with Crippen molar-refractivity contribution in [3.8, 4) is 23.0 Å². The highest BCUT2D eigenvalue weighted by Gasteiger charge is 2.37. The van der Waals surface area contributed by atoms with E-state index in [9.17, 15) is 5.11 Å². The smallest absolute Gasteiger partial charge is 0.507 e. The molecule has 1 aliphatic rings. The molecule has 280 valence electrons. The largest absolute Gasteiger partial charge is 0.530 e. The minimum atomic E-state index is -1.99. The van der Waals surface area contributed by atoms with Gasteiger partial charge in [0.25, 0.3) is 0 Å². The molecular formula is C47H63O4P. The monoisotopic (exact) mass is 722 g/mol. The SMILES string of the molecule is Cc1cc(C(C)c2cc(C)cc(C(C)(C)C)c2OP2Oc3c(cc(C)cc3C(C)(C)C)Cc3cc(C)cc(C(C)(C)C)c3O2)c(O)c(C(C)(C)C)c1. The van der Waals surface area contributed by atoms with Gasteiger partial charge in [-0.3, -0.25) is 0 Å². The number of fused-ring (bicyclic) bond motifs is 2. The molecule has 4 nitrogen and oxygen atoms in total. The molecule has 4 aromatic carbocycles. The lowest BCUT2D eigenvalue weighted by atomic mass is 9.79. The van der Waals surface area contributed by atoms with E-state index in [1.165, 1.54) is 11.1 Å². The molecule has 1 unspecified atom stereocenters. The fourth-order valence-electron chi connectivity index (χ4n) is 7.43. The summed E-state index contributed by atoms with van der Waals surface area (Å²) in [6, 6.07) is 17.7. The van der Waals surface area contributed by atoms with Gasteiger partial charge in [0, 0.05) is 40.2 Å². The van der Waals surface area contributed by atoms with Gasteiger partial charge in [0.15, 0.2) is 0 Å². The minimum absolute atomic E-state index is 0.171. The normalized spacial score (nSPS) is 14.8. The van der Waals surface area contributed by atoms with E-state index in [1.54, 1.807) is 0 Å². The number of hydrogen-bond acceptors (Lipinski definition) is 4. The topological polar surface area (TPSA) is 47.9 Å². The summed E-state index contributed by atoms with van der Waals surface area (Å²) in [5.41, 5.74) is 12.3. The van der Waals surface area contributed by atoms with Gasteiger partial charge in [-0.05, 0) is 66.0 Å². The van der Waals surface area contributed by atoms with E-state index in [2.05, 4.69) is 166 Å². The van der Waals surface area contributed by atoms with E-state index < -0.39 is 8.60 Å². The first-order valence-corrected chi connectivity index (χ1v) is 20.0. The summed E-state index contributed by atoms with van der Waals surface area (Å²) in [6.45, 7) is 37.3. The molecule has 0 amide bonds. The van der Waals surface area contributed by atoms with Crippen molar-refractivity contribution in [2.24, 2.45) is 0 Å². The Morgan fingerprint density at radius 1 is 0.538 bits per heavy atom. The van der Waals surface area contributed by atoms with Gasteiger partial charge in [-0.25, -0.2) is 0 Å². The van der Waals surface area contributed by atoms with Crippen molar-refractivity contribution in [3.63, 3.8) is 0 Å². The molecule has 5 heteroatoms. The Balaban J connectivity index is 1.79. The van der Waals surface area contributed by atoms with Crippen molar-refractivity contribution < 1.29 is 18.7 Å². The summed E-state index contributed by atoms with van der Waals surface area (Å²) in [5, 5.41) is 11.9. The van der Waals surface area contributed by atoms with Crippen LogP contribution in [0.3, 0.4) is 0 Å². The van der Waals surface area contributed by atoms with Crippen molar-refractivity contribution >= 4 is 8.60 Å². The van der Waals surface area contributed by atoms with E-state index in [0.717, 1.165) is 72.9 Å². The van der Waals surface area contributed by atoms with Crippen LogP contribution < -0.4 is 13.6 Å². The molecule has 1 atom stereocenters. The Morgan fingerprint density at radius 3 is 1.33 bits per heavy atom. The first-order valence-electron chi connectivity index (χ1n) is 18.9. The van der Waals surface area contributed by atoms with Crippen molar-refractivity contribution in [3.05, 3.63) is 115 Å². The van der Waals surface area contributed by atoms with Crippen LogP contribution >= 0.6 is 8.60 Å². The van der Waals surface area contributed by atoms with E-state index in [-0.39, 0.29) is 27.6 Å². The maximum absolute atomic E-state index is 11.9. The van der Waals surface area contributed by atoms with Gasteiger partial charge in [-0.15, -0.1) is 0 Å². The molecule has 5 rings (SSSR count). The highest BCUT2D eigenvalue weighted by atomic mass is 31.2. The van der Waals surface area contributed by atoms with Gasteiger partial charge in [-0.2, -0.15) is 0 Å². The second-order valence-corrected chi connectivity index (χ2v) is 20.5. The van der Waals surface area contributed by atoms with Crippen molar-refractivity contribution in [2.45, 2.75) is 152 Å². The fourth-order valence-corrected chi connectivity index (χ4v) is 8.63. The van der Waals surface area contributed by atoms with Gasteiger partial charge in [0.1, 0.15) is 23.0 Å². The highest BCUT2D eigenvalue weighted by Crippen LogP contribution is 2.55. The summed E-state index contributed by atoms with van der Waals surface area (Å²) in [4.78, 5) is 0. The van der Waals surface area contributed by atoms with Gasteiger partial charge >= 0.3 is 8.60 Å². The molecule has 52 heavy (non-hydrogen) atoms. The molecule has 0 spiro atoms. The molecular weight excluding hydrogens is 659 g/mol. The number of hydrogen-bond donors (Lipinski definition) is 1. The quantitative estimate of drug-likeness (QED) is 0.213. The Hall–Kier alpha value is -3.49. The van der Waals surface area contributed by atoms with Gasteiger partial charge < -0.3 is 18.7 Å². The summed E-state index contributed by atoms with van der Waals surface area (Å²) in [7, 11) is -1.99. The minimum Gasteiger partial charge on any atom is -0.507 e. The van der Waals surface area contributed by atoms with Gasteiger partial charge in [0.05, 0.1) is 0 Å². The Labute approximate surface area is 316 Å². The van der Waals surface area contributed by atoms with Crippen LogP contribution in [-0.2, 0) is 28.1 Å². The number of phenols is 1. The summed E-state index contributed by atoms with van der Waals surface area (Å²) >= 11 is 0. The second kappa shape index (κ2) is 13.7. The number of benzene rings is 4. The summed E-state index contributed by atoms with van der Waals surface area (Å²) in [5.74, 6) is 2.62. The lowest BCUT2D eigenvalue weighted by Gasteiger charge is -2.34.